The van der Waals surface area contributed by atoms with Crippen molar-refractivity contribution in [1.82, 2.24) is 4.90 Å². The molecule has 1 unspecified atom stereocenters. The van der Waals surface area contributed by atoms with Crippen LogP contribution in [0.5, 0.6) is 5.75 Å². The Bertz CT molecular complexity index is 803. The van der Waals surface area contributed by atoms with Gasteiger partial charge in [-0.25, -0.2) is 0 Å². The zero-order chi connectivity index (χ0) is 19.4. The standard InChI is InChI=1S/C19H20BrN3O4/c1-14(27-18-8-2-15(20)3-9-18)19(24)22-12-10-21(11-13-22)16-4-6-17(7-5-16)23(25)26/h2-9,14H,10-13H2,1H3. The molecule has 2 aromatic rings. The minimum atomic E-state index is -0.558. The third-order valence-electron chi connectivity index (χ3n) is 4.49. The number of amides is 1. The first-order chi connectivity index (χ1) is 12.9. The second kappa shape index (κ2) is 8.39. The van der Waals surface area contributed by atoms with Gasteiger partial charge in [-0.3, -0.25) is 14.9 Å². The molecule has 0 aliphatic carbocycles. The number of benzene rings is 2. The molecule has 142 valence electrons. The highest BCUT2D eigenvalue weighted by Crippen LogP contribution is 2.21. The van der Waals surface area contributed by atoms with Crippen LogP contribution in [0.1, 0.15) is 6.92 Å². The Morgan fingerprint density at radius 3 is 2.22 bits per heavy atom. The van der Waals surface area contributed by atoms with E-state index in [2.05, 4.69) is 20.8 Å². The number of carbonyl (C=O) groups is 1. The van der Waals surface area contributed by atoms with Gasteiger partial charge in [0.2, 0.25) is 0 Å². The molecule has 27 heavy (non-hydrogen) atoms. The third kappa shape index (κ3) is 4.77. The molecule has 1 heterocycles. The van der Waals surface area contributed by atoms with Gasteiger partial charge in [0.05, 0.1) is 4.92 Å². The van der Waals surface area contributed by atoms with Crippen molar-refractivity contribution in [3.8, 4) is 5.75 Å². The van der Waals surface area contributed by atoms with Crippen molar-refractivity contribution in [1.29, 1.82) is 0 Å². The smallest absolute Gasteiger partial charge is 0.269 e. The monoisotopic (exact) mass is 433 g/mol. The summed E-state index contributed by atoms with van der Waals surface area (Å²) in [7, 11) is 0. The van der Waals surface area contributed by atoms with Crippen LogP contribution in [0.15, 0.2) is 53.0 Å². The van der Waals surface area contributed by atoms with Crippen LogP contribution < -0.4 is 9.64 Å². The Morgan fingerprint density at radius 2 is 1.67 bits per heavy atom. The lowest BCUT2D eigenvalue weighted by atomic mass is 10.2. The van der Waals surface area contributed by atoms with Gasteiger partial charge in [0.15, 0.2) is 6.10 Å². The fourth-order valence-electron chi connectivity index (χ4n) is 3.00. The summed E-state index contributed by atoms with van der Waals surface area (Å²) in [5.41, 5.74) is 0.998. The molecule has 1 saturated heterocycles. The number of nitrogens with zero attached hydrogens (tertiary/aromatic N) is 3. The summed E-state index contributed by atoms with van der Waals surface area (Å²) in [6.45, 7) is 4.28. The molecule has 0 spiro atoms. The Labute approximate surface area is 165 Å². The van der Waals surface area contributed by atoms with Crippen LogP contribution >= 0.6 is 15.9 Å². The second-order valence-corrected chi connectivity index (χ2v) is 7.22. The van der Waals surface area contributed by atoms with Crippen molar-refractivity contribution in [3.63, 3.8) is 0 Å². The van der Waals surface area contributed by atoms with E-state index < -0.39 is 11.0 Å². The molecule has 1 aliphatic heterocycles. The summed E-state index contributed by atoms with van der Waals surface area (Å²) in [5, 5.41) is 10.8. The quantitative estimate of drug-likeness (QED) is 0.532. The SMILES string of the molecule is CC(Oc1ccc(Br)cc1)C(=O)N1CCN(c2ccc([N+](=O)[O-])cc2)CC1. The van der Waals surface area contributed by atoms with Crippen molar-refractivity contribution in [2.75, 3.05) is 31.1 Å². The zero-order valence-electron chi connectivity index (χ0n) is 14.9. The minimum Gasteiger partial charge on any atom is -0.481 e. The molecule has 7 nitrogen and oxygen atoms in total. The normalized spacial score (nSPS) is 15.3. The topological polar surface area (TPSA) is 75.9 Å². The number of halogens is 1. The van der Waals surface area contributed by atoms with Crippen LogP contribution in [-0.4, -0.2) is 48.0 Å². The largest absolute Gasteiger partial charge is 0.481 e. The van der Waals surface area contributed by atoms with Gasteiger partial charge in [0, 0.05) is 48.5 Å². The van der Waals surface area contributed by atoms with Gasteiger partial charge in [-0.1, -0.05) is 15.9 Å². The fraction of sp³-hybridized carbons (Fsp3) is 0.316. The predicted molar refractivity (Wildman–Crippen MR) is 106 cm³/mol. The van der Waals surface area contributed by atoms with E-state index in [4.69, 9.17) is 4.74 Å². The number of piperazine rings is 1. The summed E-state index contributed by atoms with van der Waals surface area (Å²) >= 11 is 3.37. The molecule has 8 heteroatoms. The van der Waals surface area contributed by atoms with E-state index in [-0.39, 0.29) is 11.6 Å². The highest BCUT2D eigenvalue weighted by atomic mass is 79.9. The van der Waals surface area contributed by atoms with E-state index in [1.54, 1.807) is 24.0 Å². The van der Waals surface area contributed by atoms with Crippen molar-refractivity contribution < 1.29 is 14.5 Å². The first-order valence-corrected chi connectivity index (χ1v) is 9.44. The number of non-ortho nitro benzene ring substituents is 1. The van der Waals surface area contributed by atoms with Crippen LogP contribution in [-0.2, 0) is 4.79 Å². The van der Waals surface area contributed by atoms with Gasteiger partial charge in [0.25, 0.3) is 11.6 Å². The highest BCUT2D eigenvalue weighted by Gasteiger charge is 2.26. The van der Waals surface area contributed by atoms with Crippen molar-refractivity contribution in [3.05, 3.63) is 63.1 Å². The summed E-state index contributed by atoms with van der Waals surface area (Å²) in [6, 6.07) is 13.9. The minimum absolute atomic E-state index is 0.0405. The Morgan fingerprint density at radius 1 is 1.07 bits per heavy atom. The lowest BCUT2D eigenvalue weighted by Crippen LogP contribution is -2.52. The van der Waals surface area contributed by atoms with Crippen LogP contribution in [0.3, 0.4) is 0 Å². The van der Waals surface area contributed by atoms with Gasteiger partial charge in [-0.15, -0.1) is 0 Å². The van der Waals surface area contributed by atoms with E-state index in [1.165, 1.54) is 12.1 Å². The maximum Gasteiger partial charge on any atom is 0.269 e. The number of nitro benzene ring substituents is 1. The van der Waals surface area contributed by atoms with Crippen molar-refractivity contribution in [2.24, 2.45) is 0 Å². The molecule has 1 amide bonds. The van der Waals surface area contributed by atoms with Gasteiger partial charge in [0.1, 0.15) is 5.75 Å². The maximum absolute atomic E-state index is 12.6. The molecule has 0 N–H and O–H groups in total. The third-order valence-corrected chi connectivity index (χ3v) is 5.02. The average Bonchev–Trinajstić information content (AvgIpc) is 2.69. The van der Waals surface area contributed by atoms with Crippen molar-refractivity contribution in [2.45, 2.75) is 13.0 Å². The first-order valence-electron chi connectivity index (χ1n) is 8.64. The van der Waals surface area contributed by atoms with Gasteiger partial charge < -0.3 is 14.5 Å². The van der Waals surface area contributed by atoms with E-state index in [0.29, 0.717) is 31.9 Å². The summed E-state index contributed by atoms with van der Waals surface area (Å²) in [6.07, 6.45) is -0.558. The van der Waals surface area contributed by atoms with E-state index in [0.717, 1.165) is 10.2 Å². The number of ether oxygens (including phenoxy) is 1. The molecule has 1 aliphatic rings. The molecule has 2 aromatic carbocycles. The number of hydrogen-bond donors (Lipinski definition) is 0. The maximum atomic E-state index is 12.6. The van der Waals surface area contributed by atoms with Crippen LogP contribution in [0.25, 0.3) is 0 Å². The van der Waals surface area contributed by atoms with Gasteiger partial charge >= 0.3 is 0 Å². The Balaban J connectivity index is 1.54. The van der Waals surface area contributed by atoms with E-state index in [1.807, 2.05) is 24.3 Å². The summed E-state index contributed by atoms with van der Waals surface area (Å²) < 4.78 is 6.70. The number of nitro groups is 1. The number of rotatable bonds is 5. The second-order valence-electron chi connectivity index (χ2n) is 6.30. The van der Waals surface area contributed by atoms with Gasteiger partial charge in [-0.2, -0.15) is 0 Å². The Kier molecular flexibility index (Phi) is 5.95. The number of hydrogen-bond acceptors (Lipinski definition) is 5. The molecule has 0 bridgehead atoms. The van der Waals surface area contributed by atoms with E-state index in [9.17, 15) is 14.9 Å². The van der Waals surface area contributed by atoms with Crippen LogP contribution in [0, 0.1) is 10.1 Å². The zero-order valence-corrected chi connectivity index (χ0v) is 16.5. The summed E-state index contributed by atoms with van der Waals surface area (Å²) in [4.78, 5) is 26.9. The van der Waals surface area contributed by atoms with Gasteiger partial charge in [-0.05, 0) is 43.3 Å². The molecule has 0 aromatic heterocycles. The molecule has 1 fully saturated rings. The molecule has 3 rings (SSSR count). The average molecular weight is 434 g/mol. The van der Waals surface area contributed by atoms with Crippen LogP contribution in [0.4, 0.5) is 11.4 Å². The fourth-order valence-corrected chi connectivity index (χ4v) is 3.26. The first kappa shape index (κ1) is 19.2. The lowest BCUT2D eigenvalue weighted by molar-refractivity contribution is -0.384. The van der Waals surface area contributed by atoms with E-state index >= 15 is 0 Å². The molecule has 0 radical (unpaired) electrons. The predicted octanol–water partition coefficient (Wildman–Crippen LogP) is 3.47. The molecule has 0 saturated carbocycles. The molecular weight excluding hydrogens is 414 g/mol. The summed E-state index contributed by atoms with van der Waals surface area (Å²) in [5.74, 6) is 0.616. The number of carbonyl (C=O) groups excluding carboxylic acids is 1. The Hall–Kier alpha value is -2.61. The highest BCUT2D eigenvalue weighted by molar-refractivity contribution is 9.10. The van der Waals surface area contributed by atoms with Crippen molar-refractivity contribution >= 4 is 33.2 Å². The van der Waals surface area contributed by atoms with Crippen LogP contribution in [0.2, 0.25) is 0 Å². The number of anilines is 1. The molecule has 1 atom stereocenters. The molecular formula is C19H20BrN3O4. The lowest BCUT2D eigenvalue weighted by Gasteiger charge is -2.37.